The summed E-state index contributed by atoms with van der Waals surface area (Å²) in [5.74, 6) is 0. The zero-order valence-electron chi connectivity index (χ0n) is 7.70. The number of aliphatic imine (C=N–C) groups is 1. The van der Waals surface area contributed by atoms with Crippen LogP contribution < -0.4 is 0 Å². The van der Waals surface area contributed by atoms with Gasteiger partial charge in [0.1, 0.15) is 0 Å². The number of isocyanates is 1. The summed E-state index contributed by atoms with van der Waals surface area (Å²) >= 11 is 1.71. The fourth-order valence-corrected chi connectivity index (χ4v) is 1.59. The monoisotopic (exact) mass is 193 g/mol. The van der Waals surface area contributed by atoms with Crippen molar-refractivity contribution in [1.29, 1.82) is 0 Å². The van der Waals surface area contributed by atoms with Gasteiger partial charge in [-0.1, -0.05) is 6.07 Å². The van der Waals surface area contributed by atoms with Crippen LogP contribution in [0.5, 0.6) is 0 Å². The van der Waals surface area contributed by atoms with Crippen LogP contribution >= 0.6 is 11.8 Å². The second-order valence-electron chi connectivity index (χ2n) is 2.70. The minimum absolute atomic E-state index is 0.435. The molecule has 0 radical (unpaired) electrons. The maximum absolute atomic E-state index is 9.92. The molecule has 0 heterocycles. The quantitative estimate of drug-likeness (QED) is 0.419. The molecule has 1 aromatic rings. The van der Waals surface area contributed by atoms with Gasteiger partial charge in [-0.05, 0) is 36.4 Å². The molecule has 13 heavy (non-hydrogen) atoms. The standard InChI is InChI=1S/C10H11NOS/c1-8-5-10(13-2)4-3-9(8)6-11-7-12/h3-5H,6H2,1-2H3. The highest BCUT2D eigenvalue weighted by Crippen LogP contribution is 2.19. The molecule has 2 nitrogen and oxygen atoms in total. The molecule has 0 aromatic heterocycles. The summed E-state index contributed by atoms with van der Waals surface area (Å²) < 4.78 is 0. The van der Waals surface area contributed by atoms with Gasteiger partial charge in [-0.3, -0.25) is 0 Å². The molecule has 3 heteroatoms. The average Bonchev–Trinajstić information content (AvgIpc) is 2.16. The van der Waals surface area contributed by atoms with Crippen LogP contribution in [-0.2, 0) is 11.3 Å². The molecular weight excluding hydrogens is 182 g/mol. The molecule has 68 valence electrons. The number of thioether (sulfide) groups is 1. The summed E-state index contributed by atoms with van der Waals surface area (Å²) in [6.07, 6.45) is 3.58. The van der Waals surface area contributed by atoms with Crippen molar-refractivity contribution >= 4 is 17.8 Å². The molecule has 0 saturated heterocycles. The number of hydrogen-bond donors (Lipinski definition) is 0. The van der Waals surface area contributed by atoms with Gasteiger partial charge in [0.05, 0.1) is 6.54 Å². The van der Waals surface area contributed by atoms with Gasteiger partial charge in [0.25, 0.3) is 0 Å². The molecule has 0 aliphatic rings. The van der Waals surface area contributed by atoms with Gasteiger partial charge < -0.3 is 0 Å². The second-order valence-corrected chi connectivity index (χ2v) is 3.58. The Labute approximate surface area is 82.1 Å². The van der Waals surface area contributed by atoms with Crippen LogP contribution in [0.4, 0.5) is 0 Å². The van der Waals surface area contributed by atoms with Gasteiger partial charge in [0, 0.05) is 4.90 Å². The fraction of sp³-hybridized carbons (Fsp3) is 0.300. The minimum atomic E-state index is 0.435. The van der Waals surface area contributed by atoms with E-state index >= 15 is 0 Å². The summed E-state index contributed by atoms with van der Waals surface area (Å²) in [5, 5.41) is 0. The summed E-state index contributed by atoms with van der Waals surface area (Å²) in [5.41, 5.74) is 2.26. The van der Waals surface area contributed by atoms with E-state index in [1.165, 1.54) is 10.5 Å². The van der Waals surface area contributed by atoms with Crippen LogP contribution in [0.3, 0.4) is 0 Å². The zero-order valence-corrected chi connectivity index (χ0v) is 8.52. The van der Waals surface area contributed by atoms with Crippen LogP contribution in [0.15, 0.2) is 28.1 Å². The lowest BCUT2D eigenvalue weighted by atomic mass is 10.1. The Morgan fingerprint density at radius 2 is 2.31 bits per heavy atom. The molecule has 0 aliphatic heterocycles. The van der Waals surface area contributed by atoms with E-state index in [1.54, 1.807) is 17.8 Å². The highest BCUT2D eigenvalue weighted by Gasteiger charge is 1.98. The number of aryl methyl sites for hydroxylation is 1. The average molecular weight is 193 g/mol. The lowest BCUT2D eigenvalue weighted by molar-refractivity contribution is 0.562. The van der Waals surface area contributed by atoms with E-state index < -0.39 is 0 Å². The van der Waals surface area contributed by atoms with Crippen molar-refractivity contribution in [3.8, 4) is 0 Å². The lowest BCUT2D eigenvalue weighted by Gasteiger charge is -2.03. The maximum atomic E-state index is 9.92. The number of benzene rings is 1. The van der Waals surface area contributed by atoms with Gasteiger partial charge in [0.2, 0.25) is 6.08 Å². The van der Waals surface area contributed by atoms with Crippen LogP contribution in [-0.4, -0.2) is 12.3 Å². The van der Waals surface area contributed by atoms with E-state index in [0.717, 1.165) is 5.56 Å². The largest absolute Gasteiger partial charge is 0.235 e. The third kappa shape index (κ3) is 2.72. The van der Waals surface area contributed by atoms with Crippen LogP contribution in [0.25, 0.3) is 0 Å². The third-order valence-corrected chi connectivity index (χ3v) is 2.59. The lowest BCUT2D eigenvalue weighted by Crippen LogP contribution is -1.87. The van der Waals surface area contributed by atoms with Crippen LogP contribution in [0, 0.1) is 6.92 Å². The Hall–Kier alpha value is -1.05. The first kappa shape index (κ1) is 10.0. The normalized spacial score (nSPS) is 9.38. The SMILES string of the molecule is CSc1ccc(CN=C=O)c(C)c1. The number of nitrogens with zero attached hydrogens (tertiary/aromatic N) is 1. The maximum Gasteiger partial charge on any atom is 0.235 e. The Morgan fingerprint density at radius 3 is 2.85 bits per heavy atom. The first-order valence-corrected chi connectivity index (χ1v) is 5.17. The van der Waals surface area contributed by atoms with Gasteiger partial charge in [0.15, 0.2) is 0 Å². The highest BCUT2D eigenvalue weighted by molar-refractivity contribution is 7.98. The van der Waals surface area contributed by atoms with E-state index in [-0.39, 0.29) is 0 Å². The first-order chi connectivity index (χ1) is 6.27. The number of rotatable bonds is 3. The summed E-state index contributed by atoms with van der Waals surface area (Å²) in [4.78, 5) is 14.7. The summed E-state index contributed by atoms with van der Waals surface area (Å²) in [6, 6.07) is 6.13. The predicted molar refractivity (Wildman–Crippen MR) is 54.8 cm³/mol. The van der Waals surface area contributed by atoms with Crippen molar-refractivity contribution in [2.45, 2.75) is 18.4 Å². The van der Waals surface area contributed by atoms with E-state index in [2.05, 4.69) is 11.1 Å². The number of hydrogen-bond acceptors (Lipinski definition) is 3. The van der Waals surface area contributed by atoms with Gasteiger partial charge in [-0.15, -0.1) is 11.8 Å². The minimum Gasteiger partial charge on any atom is -0.211 e. The van der Waals surface area contributed by atoms with E-state index in [4.69, 9.17) is 0 Å². The highest BCUT2D eigenvalue weighted by atomic mass is 32.2. The molecule has 0 amide bonds. The van der Waals surface area contributed by atoms with E-state index in [9.17, 15) is 4.79 Å². The first-order valence-electron chi connectivity index (χ1n) is 3.95. The molecule has 0 fully saturated rings. The third-order valence-electron chi connectivity index (χ3n) is 1.86. The van der Waals surface area contributed by atoms with Gasteiger partial charge in [-0.2, -0.15) is 0 Å². The molecule has 0 N–H and O–H groups in total. The van der Waals surface area contributed by atoms with E-state index in [1.807, 2.05) is 25.3 Å². The van der Waals surface area contributed by atoms with Crippen LogP contribution in [0.1, 0.15) is 11.1 Å². The molecular formula is C10H11NOS. The molecule has 1 rings (SSSR count). The fourth-order valence-electron chi connectivity index (χ4n) is 1.09. The Morgan fingerprint density at radius 1 is 1.54 bits per heavy atom. The topological polar surface area (TPSA) is 29.4 Å². The van der Waals surface area contributed by atoms with E-state index in [0.29, 0.717) is 6.54 Å². The van der Waals surface area contributed by atoms with Crippen molar-refractivity contribution in [2.24, 2.45) is 4.99 Å². The van der Waals surface area contributed by atoms with Crippen molar-refractivity contribution in [3.05, 3.63) is 29.3 Å². The van der Waals surface area contributed by atoms with Crippen molar-refractivity contribution in [3.63, 3.8) is 0 Å². The molecule has 1 aromatic carbocycles. The molecule has 0 unspecified atom stereocenters. The van der Waals surface area contributed by atoms with Crippen LogP contribution in [0.2, 0.25) is 0 Å². The second kappa shape index (κ2) is 4.85. The molecule has 0 bridgehead atoms. The zero-order chi connectivity index (χ0) is 9.68. The number of carbonyl (C=O) groups excluding carboxylic acids is 1. The Bertz CT molecular complexity index is 343. The molecule has 0 atom stereocenters. The Kier molecular flexibility index (Phi) is 3.74. The van der Waals surface area contributed by atoms with Crippen molar-refractivity contribution < 1.29 is 4.79 Å². The molecule has 0 aliphatic carbocycles. The van der Waals surface area contributed by atoms with Gasteiger partial charge in [-0.25, -0.2) is 9.79 Å². The van der Waals surface area contributed by atoms with Crippen molar-refractivity contribution in [2.75, 3.05) is 6.26 Å². The van der Waals surface area contributed by atoms with Crippen molar-refractivity contribution in [1.82, 2.24) is 0 Å². The summed E-state index contributed by atoms with van der Waals surface area (Å²) in [7, 11) is 0. The molecule has 0 spiro atoms. The summed E-state index contributed by atoms with van der Waals surface area (Å²) in [6.45, 7) is 2.46. The predicted octanol–water partition coefficient (Wildman–Crippen LogP) is 2.55. The smallest absolute Gasteiger partial charge is 0.211 e. The Balaban J connectivity index is 2.91. The van der Waals surface area contributed by atoms with Gasteiger partial charge >= 0.3 is 0 Å². The molecule has 0 saturated carbocycles.